The van der Waals surface area contributed by atoms with Gasteiger partial charge in [0.15, 0.2) is 11.7 Å². The van der Waals surface area contributed by atoms with Crippen LogP contribution in [0, 0.1) is 0 Å². The first-order chi connectivity index (χ1) is 28.5. The zero-order chi connectivity index (χ0) is 41.1. The van der Waals surface area contributed by atoms with Gasteiger partial charge in [-0.25, -0.2) is 15.0 Å². The van der Waals surface area contributed by atoms with Gasteiger partial charge in [-0.2, -0.15) is 26.3 Å². The first-order valence-corrected chi connectivity index (χ1v) is 18.4. The monoisotopic (exact) mass is 792 g/mol. The van der Waals surface area contributed by atoms with Gasteiger partial charge in [-0.1, -0.05) is 91.5 Å². The summed E-state index contributed by atoms with van der Waals surface area (Å²) in [5.74, 6) is 0.686. The highest BCUT2D eigenvalue weighted by molar-refractivity contribution is 6.14. The minimum atomic E-state index is -5.06. The van der Waals surface area contributed by atoms with Crippen LogP contribution in [-0.2, 0) is 12.4 Å². The number of allylic oxidation sites excluding steroid dienone is 1. The number of halogens is 6. The molecule has 3 aromatic heterocycles. The topological polar surface area (TPSA) is 60.4 Å². The molecule has 0 saturated carbocycles. The lowest BCUT2D eigenvalue weighted by molar-refractivity contribution is -0.138. The summed E-state index contributed by atoms with van der Waals surface area (Å²) < 4.78 is 95.4. The molecule has 0 amide bonds. The molecule has 0 aliphatic rings. The molecule has 0 atom stereocenters. The van der Waals surface area contributed by atoms with Gasteiger partial charge >= 0.3 is 12.4 Å². The number of nitrogens with zero attached hydrogens (tertiary/aromatic N) is 6. The van der Waals surface area contributed by atoms with Gasteiger partial charge in [0.05, 0.1) is 39.0 Å². The molecular weight excluding hydrogens is 763 g/mol. The van der Waals surface area contributed by atoms with Gasteiger partial charge in [-0.05, 0) is 54.1 Å². The molecule has 59 heavy (non-hydrogen) atoms. The number of hydrogen-bond donors (Lipinski definition) is 0. The maximum atomic E-state index is 16.5. The normalized spacial score (nSPS) is 12.8. The van der Waals surface area contributed by atoms with Crippen molar-refractivity contribution in [2.75, 3.05) is 7.05 Å². The maximum Gasteiger partial charge on any atom is 0.420 e. The third kappa shape index (κ3) is 6.33. The number of hydrogen-bond acceptors (Lipinski definition) is 3. The Kier molecular flexibility index (Phi) is 8.99. The molecule has 0 aliphatic carbocycles. The number of rotatable bonds is 6. The van der Waals surface area contributed by atoms with Crippen molar-refractivity contribution in [2.45, 2.75) is 12.4 Å². The van der Waals surface area contributed by atoms with Gasteiger partial charge < -0.3 is 9.13 Å². The zero-order valence-electron chi connectivity index (χ0n) is 31.1. The van der Waals surface area contributed by atoms with E-state index in [9.17, 15) is 13.2 Å². The Balaban J connectivity index is 1.47. The van der Waals surface area contributed by atoms with Crippen molar-refractivity contribution >= 4 is 55.7 Å². The third-order valence-corrected chi connectivity index (χ3v) is 10.3. The van der Waals surface area contributed by atoms with Crippen LogP contribution in [0.2, 0.25) is 0 Å². The van der Waals surface area contributed by atoms with Gasteiger partial charge in [0, 0.05) is 63.9 Å². The summed E-state index contributed by atoms with van der Waals surface area (Å²) >= 11 is 0. The Labute approximate surface area is 332 Å². The van der Waals surface area contributed by atoms with Crippen LogP contribution in [0.3, 0.4) is 0 Å². The summed E-state index contributed by atoms with van der Waals surface area (Å²) in [4.78, 5) is 17.5. The molecule has 12 heteroatoms. The molecule has 6 nitrogen and oxygen atoms in total. The van der Waals surface area contributed by atoms with Crippen LogP contribution in [0.25, 0.3) is 77.5 Å². The zero-order valence-corrected chi connectivity index (χ0v) is 31.1. The average molecular weight is 793 g/mol. The molecule has 9 rings (SSSR count). The second-order valence-electron chi connectivity index (χ2n) is 13.7. The van der Waals surface area contributed by atoms with E-state index in [2.05, 4.69) is 26.5 Å². The van der Waals surface area contributed by atoms with Gasteiger partial charge in [-0.15, -0.1) is 0 Å². The van der Waals surface area contributed by atoms with Gasteiger partial charge in [0.2, 0.25) is 0 Å². The molecule has 3 heterocycles. The third-order valence-electron chi connectivity index (χ3n) is 10.3. The van der Waals surface area contributed by atoms with E-state index < -0.39 is 23.5 Å². The van der Waals surface area contributed by atoms with E-state index in [0.717, 1.165) is 12.1 Å². The molecule has 0 radical (unpaired) electrons. The van der Waals surface area contributed by atoms with Gasteiger partial charge in [0.25, 0.3) is 0 Å². The number of amidine groups is 1. The van der Waals surface area contributed by atoms with E-state index in [-0.39, 0.29) is 22.5 Å². The van der Waals surface area contributed by atoms with Crippen LogP contribution in [-0.4, -0.2) is 38.2 Å². The number of para-hydroxylation sites is 2. The summed E-state index contributed by atoms with van der Waals surface area (Å²) in [6.07, 6.45) is -3.70. The predicted molar refractivity (Wildman–Crippen MR) is 223 cm³/mol. The fourth-order valence-electron chi connectivity index (χ4n) is 7.93. The molecule has 0 unspecified atom stereocenters. The lowest BCUT2D eigenvalue weighted by Crippen LogP contribution is -2.17. The summed E-state index contributed by atoms with van der Waals surface area (Å²) in [7, 11) is 1.55. The molecule has 9 aromatic rings. The lowest BCUT2D eigenvalue weighted by Gasteiger charge is -2.24. The van der Waals surface area contributed by atoms with E-state index in [1.54, 1.807) is 90.7 Å². The number of aromatic nitrogens is 4. The first-order valence-electron chi connectivity index (χ1n) is 18.4. The van der Waals surface area contributed by atoms with E-state index in [0.29, 0.717) is 66.4 Å². The quantitative estimate of drug-likeness (QED) is 0.0956. The highest BCUT2D eigenvalue weighted by Crippen LogP contribution is 2.48. The Hall–Kier alpha value is -7.34. The van der Waals surface area contributed by atoms with Crippen molar-refractivity contribution in [3.8, 4) is 33.9 Å². The Bertz CT molecular complexity index is 3170. The van der Waals surface area contributed by atoms with Crippen LogP contribution < -0.4 is 0 Å². The molecule has 6 aromatic carbocycles. The SMILES string of the molecule is C=CC=NC(=NC)c1ccc2c3ccccc3n(-c3c(-c4cccc(C(F)(F)F)c4)ccc(-n4c5ccccc5c5ccc(-c6ncccn6)cc54)c3C(F)(F)F)c2c1. The lowest BCUT2D eigenvalue weighted by atomic mass is 9.95. The summed E-state index contributed by atoms with van der Waals surface area (Å²) in [6.45, 7) is 3.68. The van der Waals surface area contributed by atoms with E-state index >= 15 is 13.2 Å². The molecule has 0 spiro atoms. The minimum absolute atomic E-state index is 0.0499. The highest BCUT2D eigenvalue weighted by Gasteiger charge is 2.41. The number of benzene rings is 6. The first kappa shape index (κ1) is 37.2. The van der Waals surface area contributed by atoms with E-state index in [4.69, 9.17) is 0 Å². The van der Waals surface area contributed by atoms with Crippen molar-refractivity contribution in [2.24, 2.45) is 9.98 Å². The largest absolute Gasteiger partial charge is 0.420 e. The molecular formula is C47H30F6N6. The van der Waals surface area contributed by atoms with Crippen LogP contribution >= 0.6 is 0 Å². The van der Waals surface area contributed by atoms with E-state index in [1.165, 1.54) is 41.1 Å². The van der Waals surface area contributed by atoms with E-state index in [1.807, 2.05) is 24.3 Å². The minimum Gasteiger partial charge on any atom is -0.309 e. The number of aliphatic imine (C=N–C) groups is 2. The fraction of sp³-hybridized carbons (Fsp3) is 0.0638. The second kappa shape index (κ2) is 14.2. The van der Waals surface area contributed by atoms with Crippen LogP contribution in [0.5, 0.6) is 0 Å². The molecule has 0 aliphatic heterocycles. The molecule has 0 bridgehead atoms. The van der Waals surface area contributed by atoms with Gasteiger partial charge in [-0.3, -0.25) is 4.99 Å². The van der Waals surface area contributed by atoms with Crippen molar-refractivity contribution in [3.63, 3.8) is 0 Å². The van der Waals surface area contributed by atoms with Crippen molar-refractivity contribution < 1.29 is 26.3 Å². The van der Waals surface area contributed by atoms with Crippen LogP contribution in [0.4, 0.5) is 26.3 Å². The Morgan fingerprint density at radius 3 is 1.92 bits per heavy atom. The Morgan fingerprint density at radius 2 is 1.25 bits per heavy atom. The van der Waals surface area contributed by atoms with Crippen molar-refractivity contribution in [3.05, 3.63) is 169 Å². The summed E-state index contributed by atoms with van der Waals surface area (Å²) in [5, 5.41) is 2.64. The predicted octanol–water partition coefficient (Wildman–Crippen LogP) is 12.7. The number of fused-ring (bicyclic) bond motifs is 6. The van der Waals surface area contributed by atoms with Crippen molar-refractivity contribution in [1.29, 1.82) is 0 Å². The summed E-state index contributed by atoms with van der Waals surface area (Å²) in [5.41, 5.74) is 0.0570. The molecule has 0 fully saturated rings. The highest BCUT2D eigenvalue weighted by atomic mass is 19.4. The average Bonchev–Trinajstić information content (AvgIpc) is 3.75. The second-order valence-corrected chi connectivity index (χ2v) is 13.7. The Morgan fingerprint density at radius 1 is 0.610 bits per heavy atom. The standard InChI is InChI=1S/C47H30F6N6/c1-3-22-55-44(54-2)29-16-18-36-34-13-5-7-15-38(34)59(41(36)26-29)43-32(28-10-8-11-31(25-28)46(48,49)50)20-21-39(42(43)47(51,52)53)58-37-14-6-4-12-33(37)35-19-17-30(27-40(35)58)45-56-23-9-24-57-45/h3-27H,1H2,2H3. The smallest absolute Gasteiger partial charge is 0.309 e. The molecule has 0 N–H and O–H groups in total. The fourth-order valence-corrected chi connectivity index (χ4v) is 7.93. The van der Waals surface area contributed by atoms with Crippen molar-refractivity contribution in [1.82, 2.24) is 19.1 Å². The maximum absolute atomic E-state index is 16.5. The van der Waals surface area contributed by atoms with Gasteiger partial charge in [0.1, 0.15) is 5.56 Å². The number of alkyl halides is 6. The summed E-state index contributed by atoms with van der Waals surface area (Å²) in [6, 6.07) is 33.7. The molecule has 0 saturated heterocycles. The van der Waals surface area contributed by atoms with Crippen LogP contribution in [0.1, 0.15) is 16.7 Å². The van der Waals surface area contributed by atoms with Crippen LogP contribution in [0.15, 0.2) is 162 Å². The molecule has 290 valence electrons.